The van der Waals surface area contributed by atoms with Gasteiger partial charge in [0.05, 0.1) is 0 Å². The summed E-state index contributed by atoms with van der Waals surface area (Å²) in [7, 11) is -0.570. The maximum absolute atomic E-state index is 2.47. The van der Waals surface area contributed by atoms with Crippen molar-refractivity contribution in [2.45, 2.75) is 233 Å². The van der Waals surface area contributed by atoms with E-state index in [9.17, 15) is 0 Å². The molecule has 0 aromatic heterocycles. The van der Waals surface area contributed by atoms with Crippen LogP contribution in [-0.2, 0) is 19.3 Å². The monoisotopic (exact) mass is 767 g/mol. The van der Waals surface area contributed by atoms with Gasteiger partial charge in [-0.1, -0.05) is 267 Å². The minimum atomic E-state index is -0.570. The molecule has 0 unspecified atom stereocenters. The van der Waals surface area contributed by atoms with Crippen molar-refractivity contribution in [3.05, 3.63) is 89.5 Å². The molecule has 0 saturated carbocycles. The molecule has 0 N–H and O–H groups in total. The van der Waals surface area contributed by atoms with Crippen LogP contribution in [-0.4, -0.2) is 0 Å². The first kappa shape index (κ1) is 47.5. The Labute approximate surface area is 344 Å². The first-order valence-corrected chi connectivity index (χ1v) is 25.7. The highest BCUT2D eigenvalue weighted by molar-refractivity contribution is 7.79. The summed E-state index contributed by atoms with van der Waals surface area (Å²) in [6.45, 7) is 6.92. The number of hydrogen-bond donors (Lipinski definition) is 0. The van der Waals surface area contributed by atoms with Crippen molar-refractivity contribution < 1.29 is 0 Å². The van der Waals surface area contributed by atoms with Crippen molar-refractivity contribution in [3.63, 3.8) is 0 Å². The summed E-state index contributed by atoms with van der Waals surface area (Å²) in [6.07, 6.45) is 45.8. The first-order chi connectivity index (χ1) is 27.2. The van der Waals surface area contributed by atoms with Gasteiger partial charge in [-0.3, -0.25) is 0 Å². The highest BCUT2D eigenvalue weighted by atomic mass is 31.1. The quantitative estimate of drug-likeness (QED) is 0.0408. The van der Waals surface area contributed by atoms with E-state index in [-0.39, 0.29) is 0 Å². The van der Waals surface area contributed by atoms with Crippen LogP contribution in [0.4, 0.5) is 0 Å². The Morgan fingerprint density at radius 2 is 0.418 bits per heavy atom. The van der Waals surface area contributed by atoms with E-state index in [2.05, 4.69) is 93.6 Å². The van der Waals surface area contributed by atoms with Gasteiger partial charge in [-0.15, -0.1) is 0 Å². The van der Waals surface area contributed by atoms with Crippen LogP contribution >= 0.6 is 7.92 Å². The SMILES string of the molecule is CCCCCCCCCCCCc1ccc(P(c2ccc(CCCCCCCCCCCC)cc2)c2ccc(CCCCCCCCCCCC)cc2)cc1. The standard InChI is InChI=1S/C54H87P/c1-4-7-10-13-16-19-22-25-28-31-34-49-37-43-52(44-38-49)55(53-45-39-50(40-46-53)35-32-29-26-23-20-17-14-11-8-5-2)54-47-41-51(42-48-54)36-33-30-27-24-21-18-15-12-9-6-3/h37-48H,4-36H2,1-3H3. The highest BCUT2D eigenvalue weighted by Gasteiger charge is 2.17. The lowest BCUT2D eigenvalue weighted by Crippen LogP contribution is -2.21. The molecule has 3 rings (SSSR count). The molecule has 55 heavy (non-hydrogen) atoms. The summed E-state index contributed by atoms with van der Waals surface area (Å²) in [5.41, 5.74) is 4.53. The Morgan fingerprint density at radius 1 is 0.236 bits per heavy atom. The third kappa shape index (κ3) is 22.6. The zero-order chi connectivity index (χ0) is 38.9. The van der Waals surface area contributed by atoms with Crippen LogP contribution in [0.3, 0.4) is 0 Å². The largest absolute Gasteiger partial charge is 0.0654 e. The van der Waals surface area contributed by atoms with Crippen LogP contribution in [0, 0.1) is 0 Å². The Morgan fingerprint density at radius 3 is 0.618 bits per heavy atom. The minimum Gasteiger partial charge on any atom is -0.0654 e. The number of unbranched alkanes of at least 4 members (excludes halogenated alkanes) is 27. The maximum atomic E-state index is 2.47. The molecular formula is C54H87P. The van der Waals surface area contributed by atoms with E-state index < -0.39 is 7.92 Å². The van der Waals surface area contributed by atoms with Gasteiger partial charge < -0.3 is 0 Å². The van der Waals surface area contributed by atoms with Gasteiger partial charge in [-0.05, 0) is 79.1 Å². The van der Waals surface area contributed by atoms with Crippen molar-refractivity contribution in [2.24, 2.45) is 0 Å². The molecule has 0 fully saturated rings. The van der Waals surface area contributed by atoms with E-state index in [4.69, 9.17) is 0 Å². The molecular weight excluding hydrogens is 680 g/mol. The normalized spacial score (nSPS) is 11.6. The molecule has 0 atom stereocenters. The molecule has 0 aliphatic heterocycles. The Balaban J connectivity index is 1.52. The smallest absolute Gasteiger partial charge is 0.0134 e. The molecule has 0 radical (unpaired) electrons. The lowest BCUT2D eigenvalue weighted by molar-refractivity contribution is 0.556. The van der Waals surface area contributed by atoms with Crippen molar-refractivity contribution in [3.8, 4) is 0 Å². The van der Waals surface area contributed by atoms with Crippen LogP contribution < -0.4 is 15.9 Å². The average Bonchev–Trinajstić information content (AvgIpc) is 3.21. The van der Waals surface area contributed by atoms with E-state index in [1.165, 1.54) is 244 Å². The molecule has 0 nitrogen and oxygen atoms in total. The first-order valence-electron chi connectivity index (χ1n) is 24.3. The van der Waals surface area contributed by atoms with E-state index in [0.29, 0.717) is 0 Å². The predicted molar refractivity (Wildman–Crippen MR) is 252 cm³/mol. The van der Waals surface area contributed by atoms with E-state index in [1.807, 2.05) is 0 Å². The Hall–Kier alpha value is -1.91. The van der Waals surface area contributed by atoms with Crippen LogP contribution in [0.15, 0.2) is 72.8 Å². The van der Waals surface area contributed by atoms with Crippen LogP contribution in [0.5, 0.6) is 0 Å². The predicted octanol–water partition coefficient (Wildman–Crippen LogP) is 16.8. The summed E-state index contributed by atoms with van der Waals surface area (Å²) in [5, 5.41) is 4.48. The summed E-state index contributed by atoms with van der Waals surface area (Å²) < 4.78 is 0. The van der Waals surface area contributed by atoms with Gasteiger partial charge in [-0.2, -0.15) is 0 Å². The highest BCUT2D eigenvalue weighted by Crippen LogP contribution is 2.33. The summed E-state index contributed by atoms with van der Waals surface area (Å²) >= 11 is 0. The summed E-state index contributed by atoms with van der Waals surface area (Å²) in [5.74, 6) is 0. The molecule has 0 aliphatic rings. The maximum Gasteiger partial charge on any atom is -0.0134 e. The third-order valence-corrected chi connectivity index (χ3v) is 14.5. The van der Waals surface area contributed by atoms with Gasteiger partial charge in [0.1, 0.15) is 0 Å². The van der Waals surface area contributed by atoms with Gasteiger partial charge in [-0.25, -0.2) is 0 Å². The van der Waals surface area contributed by atoms with Crippen molar-refractivity contribution in [1.29, 1.82) is 0 Å². The summed E-state index contributed by atoms with van der Waals surface area (Å²) in [6, 6.07) is 29.4. The number of hydrogen-bond acceptors (Lipinski definition) is 0. The second kappa shape index (κ2) is 33.1. The van der Waals surface area contributed by atoms with Crippen LogP contribution in [0.1, 0.15) is 230 Å². The summed E-state index contributed by atoms with van der Waals surface area (Å²) in [4.78, 5) is 0. The molecule has 0 heterocycles. The minimum absolute atomic E-state index is 0.570. The molecule has 0 amide bonds. The molecule has 308 valence electrons. The molecule has 0 saturated heterocycles. The number of benzene rings is 3. The second-order valence-electron chi connectivity index (χ2n) is 17.1. The number of aryl methyl sites for hydroxylation is 3. The third-order valence-electron chi connectivity index (χ3n) is 12.0. The van der Waals surface area contributed by atoms with Crippen molar-refractivity contribution in [1.82, 2.24) is 0 Å². The van der Waals surface area contributed by atoms with Crippen LogP contribution in [0.2, 0.25) is 0 Å². The molecule has 3 aromatic rings. The van der Waals surface area contributed by atoms with Crippen molar-refractivity contribution in [2.75, 3.05) is 0 Å². The zero-order valence-electron chi connectivity index (χ0n) is 36.7. The topological polar surface area (TPSA) is 0 Å². The van der Waals surface area contributed by atoms with E-state index >= 15 is 0 Å². The molecule has 0 spiro atoms. The van der Waals surface area contributed by atoms with Crippen LogP contribution in [0.25, 0.3) is 0 Å². The fourth-order valence-electron chi connectivity index (χ4n) is 8.33. The van der Waals surface area contributed by atoms with E-state index in [1.54, 1.807) is 0 Å². The molecule has 1 heteroatoms. The zero-order valence-corrected chi connectivity index (χ0v) is 37.6. The van der Waals surface area contributed by atoms with E-state index in [0.717, 1.165) is 0 Å². The van der Waals surface area contributed by atoms with Crippen molar-refractivity contribution >= 4 is 23.8 Å². The van der Waals surface area contributed by atoms with Gasteiger partial charge >= 0.3 is 0 Å². The van der Waals surface area contributed by atoms with Gasteiger partial charge in [0, 0.05) is 0 Å². The van der Waals surface area contributed by atoms with Gasteiger partial charge in [0.15, 0.2) is 0 Å². The number of rotatable bonds is 36. The fraction of sp³-hybridized carbons (Fsp3) is 0.667. The lowest BCUT2D eigenvalue weighted by Gasteiger charge is -2.20. The molecule has 3 aromatic carbocycles. The average molecular weight is 767 g/mol. The fourth-order valence-corrected chi connectivity index (χ4v) is 10.6. The van der Waals surface area contributed by atoms with Gasteiger partial charge in [0.25, 0.3) is 0 Å². The molecule has 0 aliphatic carbocycles. The van der Waals surface area contributed by atoms with Gasteiger partial charge in [0.2, 0.25) is 0 Å². The Bertz CT molecular complexity index is 1100. The second-order valence-corrected chi connectivity index (χ2v) is 19.4. The lowest BCUT2D eigenvalue weighted by atomic mass is 10.0. The molecule has 0 bridgehead atoms. The Kier molecular flexibility index (Phi) is 28.6.